The highest BCUT2D eigenvalue weighted by atomic mass is 19.1. The molecule has 2 aromatic heterocycles. The van der Waals surface area contributed by atoms with E-state index in [0.717, 1.165) is 5.56 Å². The minimum Gasteiger partial charge on any atom is -0.496 e. The first-order chi connectivity index (χ1) is 18.9. The van der Waals surface area contributed by atoms with Crippen LogP contribution in [-0.4, -0.2) is 33.8 Å². The molecule has 1 aliphatic rings. The smallest absolute Gasteiger partial charge is 0.255 e. The summed E-state index contributed by atoms with van der Waals surface area (Å²) < 4.78 is 19.9. The van der Waals surface area contributed by atoms with Gasteiger partial charge in [0.2, 0.25) is 0 Å². The van der Waals surface area contributed by atoms with Gasteiger partial charge in [0.25, 0.3) is 11.8 Å². The number of hydrogen-bond donors (Lipinski definition) is 2. The molecular weight excluding hydrogens is 497 g/mol. The maximum absolute atomic E-state index is 14.4. The topological polar surface area (TPSA) is 110 Å². The first-order valence-corrected chi connectivity index (χ1v) is 12.1. The van der Waals surface area contributed by atoms with E-state index < -0.39 is 17.8 Å². The highest BCUT2D eigenvalue weighted by Crippen LogP contribution is 2.38. The number of nitrogens with two attached hydrogens (primary N) is 1. The van der Waals surface area contributed by atoms with E-state index in [9.17, 15) is 14.0 Å². The number of hydrogen-bond acceptors (Lipinski definition) is 6. The fourth-order valence-corrected chi connectivity index (χ4v) is 4.56. The maximum Gasteiger partial charge on any atom is 0.255 e. The summed E-state index contributed by atoms with van der Waals surface area (Å²) in [6, 6.07) is 14.9. The molecule has 194 valence electrons. The molecule has 2 aromatic carbocycles. The fraction of sp³-hybridized carbons (Fsp3) is 0.133. The second-order valence-electron chi connectivity index (χ2n) is 8.92. The number of ether oxygens (including phenoxy) is 1. The summed E-state index contributed by atoms with van der Waals surface area (Å²) in [7, 11) is 1.43. The van der Waals surface area contributed by atoms with Gasteiger partial charge in [-0.25, -0.2) is 14.4 Å². The SMILES string of the molecule is COc1ccc(F)cc1C(C(=O)Nc1ccccn1)N1Cc2ccc(C#Cc3ccc(N)nc3)c(C)c2C1=O. The largest absolute Gasteiger partial charge is 0.496 e. The van der Waals surface area contributed by atoms with Crippen LogP contribution in [0, 0.1) is 24.6 Å². The van der Waals surface area contributed by atoms with Crippen LogP contribution in [0.4, 0.5) is 16.0 Å². The molecule has 0 saturated carbocycles. The Morgan fingerprint density at radius 1 is 1.13 bits per heavy atom. The van der Waals surface area contributed by atoms with Crippen molar-refractivity contribution in [3.63, 3.8) is 0 Å². The molecule has 0 radical (unpaired) electrons. The number of amides is 2. The van der Waals surface area contributed by atoms with Crippen molar-refractivity contribution in [3.8, 4) is 17.6 Å². The molecule has 0 saturated heterocycles. The van der Waals surface area contributed by atoms with E-state index in [4.69, 9.17) is 10.5 Å². The van der Waals surface area contributed by atoms with Gasteiger partial charge in [0, 0.05) is 41.2 Å². The Labute approximate surface area is 224 Å². The average Bonchev–Trinajstić information content (AvgIpc) is 3.26. The highest BCUT2D eigenvalue weighted by Gasteiger charge is 2.40. The van der Waals surface area contributed by atoms with Crippen LogP contribution < -0.4 is 15.8 Å². The third kappa shape index (κ3) is 5.13. The van der Waals surface area contributed by atoms with Gasteiger partial charge in [-0.05, 0) is 66.6 Å². The zero-order valence-corrected chi connectivity index (χ0v) is 21.2. The fourth-order valence-electron chi connectivity index (χ4n) is 4.56. The van der Waals surface area contributed by atoms with Crippen molar-refractivity contribution in [1.82, 2.24) is 14.9 Å². The van der Waals surface area contributed by atoms with Gasteiger partial charge in [0.05, 0.1) is 7.11 Å². The molecule has 3 N–H and O–H groups in total. The molecule has 5 rings (SSSR count). The second kappa shape index (κ2) is 10.6. The van der Waals surface area contributed by atoms with Gasteiger partial charge in [-0.2, -0.15) is 0 Å². The molecule has 0 bridgehead atoms. The maximum atomic E-state index is 14.4. The van der Waals surface area contributed by atoms with E-state index in [1.807, 2.05) is 19.1 Å². The molecule has 2 amide bonds. The summed E-state index contributed by atoms with van der Waals surface area (Å²) in [6.07, 6.45) is 3.12. The number of anilines is 2. The molecule has 1 atom stereocenters. The van der Waals surface area contributed by atoms with E-state index in [-0.39, 0.29) is 23.8 Å². The summed E-state index contributed by atoms with van der Waals surface area (Å²) in [5.74, 6) is 5.64. The summed E-state index contributed by atoms with van der Waals surface area (Å²) in [5.41, 5.74) is 9.10. The number of nitrogens with zero attached hydrogens (tertiary/aromatic N) is 3. The van der Waals surface area contributed by atoms with Gasteiger partial charge < -0.3 is 20.7 Å². The van der Waals surface area contributed by atoms with Gasteiger partial charge in [-0.15, -0.1) is 0 Å². The number of methoxy groups -OCH3 is 1. The van der Waals surface area contributed by atoms with Crippen LogP contribution >= 0.6 is 0 Å². The van der Waals surface area contributed by atoms with Crippen LogP contribution in [0.2, 0.25) is 0 Å². The van der Waals surface area contributed by atoms with E-state index in [1.165, 1.54) is 36.4 Å². The Morgan fingerprint density at radius 2 is 1.97 bits per heavy atom. The number of nitrogens with one attached hydrogen (secondary N) is 1. The standard InChI is InChI=1S/C30H24FN5O3/c1-18-20(8-6-19-7-13-25(32)34-16-19)9-10-21-17-36(30(38)27(18)21)28(23-15-22(31)11-12-24(23)39-2)29(37)35-26-5-3-4-14-33-26/h3-5,7,9-16,28H,17H2,1-2H3,(H2,32,34)(H,33,35,37). The quantitative estimate of drug-likeness (QED) is 0.380. The number of carbonyl (C=O) groups excluding carboxylic acids is 2. The Bertz CT molecular complexity index is 1630. The minimum absolute atomic E-state index is 0.143. The van der Waals surface area contributed by atoms with E-state index in [1.54, 1.807) is 36.5 Å². The van der Waals surface area contributed by atoms with E-state index in [2.05, 4.69) is 27.1 Å². The second-order valence-corrected chi connectivity index (χ2v) is 8.92. The number of aromatic nitrogens is 2. The molecule has 4 aromatic rings. The van der Waals surface area contributed by atoms with E-state index >= 15 is 0 Å². The minimum atomic E-state index is -1.19. The van der Waals surface area contributed by atoms with Gasteiger partial charge in [-0.1, -0.05) is 24.0 Å². The number of fused-ring (bicyclic) bond motifs is 1. The number of halogens is 1. The molecule has 3 heterocycles. The molecule has 1 unspecified atom stereocenters. The summed E-state index contributed by atoms with van der Waals surface area (Å²) in [5, 5.41) is 2.74. The normalized spacial score (nSPS) is 12.8. The Balaban J connectivity index is 1.53. The Hall–Kier alpha value is -5.23. The molecule has 39 heavy (non-hydrogen) atoms. The summed E-state index contributed by atoms with van der Waals surface area (Å²) in [6.45, 7) is 1.96. The van der Waals surface area contributed by atoms with Gasteiger partial charge in [0.15, 0.2) is 0 Å². The molecule has 0 fully saturated rings. The van der Waals surface area contributed by atoms with Crippen LogP contribution in [0.25, 0.3) is 0 Å². The zero-order valence-electron chi connectivity index (χ0n) is 21.2. The third-order valence-electron chi connectivity index (χ3n) is 6.46. The molecular formula is C30H24FN5O3. The molecule has 8 nitrogen and oxygen atoms in total. The molecule has 1 aliphatic heterocycles. The van der Waals surface area contributed by atoms with Crippen LogP contribution in [0.15, 0.2) is 73.1 Å². The summed E-state index contributed by atoms with van der Waals surface area (Å²) in [4.78, 5) is 37.1. The van der Waals surface area contributed by atoms with Gasteiger partial charge in [0.1, 0.15) is 29.2 Å². The lowest BCUT2D eigenvalue weighted by Gasteiger charge is -2.28. The van der Waals surface area contributed by atoms with Gasteiger partial charge in [-0.3, -0.25) is 9.59 Å². The molecule has 9 heteroatoms. The first-order valence-electron chi connectivity index (χ1n) is 12.1. The van der Waals surface area contributed by atoms with Crippen LogP contribution in [0.3, 0.4) is 0 Å². The van der Waals surface area contributed by atoms with Crippen molar-refractivity contribution in [2.75, 3.05) is 18.2 Å². The number of benzene rings is 2. The predicted molar refractivity (Wildman–Crippen MR) is 144 cm³/mol. The number of carbonyl (C=O) groups is 2. The van der Waals surface area contributed by atoms with Gasteiger partial charge >= 0.3 is 0 Å². The van der Waals surface area contributed by atoms with Crippen molar-refractivity contribution in [3.05, 3.63) is 112 Å². The zero-order chi connectivity index (χ0) is 27.5. The Morgan fingerprint density at radius 3 is 2.69 bits per heavy atom. The van der Waals surface area contributed by atoms with E-state index in [0.29, 0.717) is 33.9 Å². The number of rotatable bonds is 5. The van der Waals surface area contributed by atoms with Crippen LogP contribution in [0.1, 0.15) is 44.2 Å². The van der Waals surface area contributed by atoms with Crippen molar-refractivity contribution in [2.24, 2.45) is 0 Å². The Kier molecular flexibility index (Phi) is 6.93. The third-order valence-corrected chi connectivity index (χ3v) is 6.46. The van der Waals surface area contributed by atoms with Crippen LogP contribution in [0.5, 0.6) is 5.75 Å². The predicted octanol–water partition coefficient (Wildman–Crippen LogP) is 4.25. The van der Waals surface area contributed by atoms with Crippen molar-refractivity contribution >= 4 is 23.5 Å². The number of pyridine rings is 2. The lowest BCUT2D eigenvalue weighted by atomic mass is 9.98. The van der Waals surface area contributed by atoms with Crippen molar-refractivity contribution in [1.29, 1.82) is 0 Å². The highest BCUT2D eigenvalue weighted by molar-refractivity contribution is 6.05. The first kappa shape index (κ1) is 25.4. The van der Waals surface area contributed by atoms with Crippen molar-refractivity contribution < 1.29 is 18.7 Å². The lowest BCUT2D eigenvalue weighted by Crippen LogP contribution is -2.38. The summed E-state index contributed by atoms with van der Waals surface area (Å²) >= 11 is 0. The molecule has 0 spiro atoms. The van der Waals surface area contributed by atoms with Crippen molar-refractivity contribution in [2.45, 2.75) is 19.5 Å². The molecule has 0 aliphatic carbocycles. The number of nitrogen functional groups attached to an aromatic ring is 1. The average molecular weight is 522 g/mol. The van der Waals surface area contributed by atoms with Crippen LogP contribution in [-0.2, 0) is 11.3 Å². The monoisotopic (exact) mass is 521 g/mol. The lowest BCUT2D eigenvalue weighted by molar-refractivity contribution is -0.120.